The maximum atomic E-state index is 12.3. The molecule has 0 aliphatic rings. The van der Waals surface area contributed by atoms with E-state index in [1.165, 1.54) is 6.07 Å². The van der Waals surface area contributed by atoms with Gasteiger partial charge in [0.1, 0.15) is 11.3 Å². The number of aryl methyl sites for hydroxylation is 1. The maximum absolute atomic E-state index is 12.3. The van der Waals surface area contributed by atoms with Crippen LogP contribution in [0.25, 0.3) is 11.0 Å². The largest absolute Gasteiger partial charge is 0.481 e. The Labute approximate surface area is 161 Å². The molecule has 1 atom stereocenters. The summed E-state index contributed by atoms with van der Waals surface area (Å²) in [5, 5.41) is 4.34. The van der Waals surface area contributed by atoms with Crippen molar-refractivity contribution in [1.29, 1.82) is 0 Å². The van der Waals surface area contributed by atoms with E-state index >= 15 is 0 Å². The van der Waals surface area contributed by atoms with Crippen molar-refractivity contribution in [2.45, 2.75) is 32.9 Å². The van der Waals surface area contributed by atoms with Crippen molar-refractivity contribution in [3.8, 4) is 5.75 Å². The van der Waals surface area contributed by atoms with Crippen molar-refractivity contribution in [2.75, 3.05) is 0 Å². The number of rotatable bonds is 6. The number of ether oxygens (including phenoxy) is 1. The number of halogens is 1. The molecule has 0 radical (unpaired) electrons. The number of amides is 1. The van der Waals surface area contributed by atoms with Crippen LogP contribution in [0.4, 0.5) is 0 Å². The smallest absolute Gasteiger partial charge is 0.336 e. The van der Waals surface area contributed by atoms with E-state index in [9.17, 15) is 9.59 Å². The summed E-state index contributed by atoms with van der Waals surface area (Å²) in [5.74, 6) is 0.224. The zero-order chi connectivity index (χ0) is 19.4. The number of benzene rings is 2. The van der Waals surface area contributed by atoms with Crippen LogP contribution in [0.2, 0.25) is 5.02 Å². The van der Waals surface area contributed by atoms with Gasteiger partial charge in [-0.25, -0.2) is 4.79 Å². The highest BCUT2D eigenvalue weighted by molar-refractivity contribution is 6.30. The average molecular weight is 386 g/mol. The van der Waals surface area contributed by atoms with Gasteiger partial charge in [-0.3, -0.25) is 4.79 Å². The van der Waals surface area contributed by atoms with E-state index in [-0.39, 0.29) is 5.91 Å². The topological polar surface area (TPSA) is 68.5 Å². The lowest BCUT2D eigenvalue weighted by atomic mass is 10.1. The summed E-state index contributed by atoms with van der Waals surface area (Å²) in [5.41, 5.74) is 1.91. The van der Waals surface area contributed by atoms with E-state index < -0.39 is 11.7 Å². The number of carbonyl (C=O) groups is 1. The van der Waals surface area contributed by atoms with E-state index in [0.29, 0.717) is 22.9 Å². The summed E-state index contributed by atoms with van der Waals surface area (Å²) in [4.78, 5) is 23.9. The zero-order valence-corrected chi connectivity index (χ0v) is 15.9. The minimum Gasteiger partial charge on any atom is -0.481 e. The number of carbonyl (C=O) groups excluding carboxylic acids is 1. The first-order valence-electron chi connectivity index (χ1n) is 8.72. The molecule has 140 valence electrons. The normalized spacial score (nSPS) is 12.0. The first-order chi connectivity index (χ1) is 13.0. The highest BCUT2D eigenvalue weighted by Gasteiger charge is 2.15. The molecule has 3 aromatic rings. The van der Waals surface area contributed by atoms with Crippen LogP contribution < -0.4 is 15.7 Å². The van der Waals surface area contributed by atoms with Crippen LogP contribution in [0.1, 0.15) is 25.0 Å². The number of hydrogen-bond acceptors (Lipinski definition) is 4. The van der Waals surface area contributed by atoms with Gasteiger partial charge < -0.3 is 14.5 Å². The molecule has 6 heteroatoms. The van der Waals surface area contributed by atoms with Gasteiger partial charge in [0.25, 0.3) is 5.91 Å². The predicted octanol–water partition coefficient (Wildman–Crippen LogP) is 4.09. The second-order valence-corrected chi connectivity index (χ2v) is 6.64. The van der Waals surface area contributed by atoms with Crippen LogP contribution in [-0.2, 0) is 17.8 Å². The van der Waals surface area contributed by atoms with Gasteiger partial charge >= 0.3 is 5.63 Å². The fourth-order valence-electron chi connectivity index (χ4n) is 2.77. The van der Waals surface area contributed by atoms with Gasteiger partial charge in [-0.15, -0.1) is 0 Å². The molecule has 2 aromatic carbocycles. The predicted molar refractivity (Wildman–Crippen MR) is 105 cm³/mol. The standard InChI is InChI=1S/C21H20ClNO4/c1-3-15-10-20(24)27-19-11-17(8-9-18(15)19)26-13(2)21(25)23-12-14-4-6-16(22)7-5-14/h4-11,13H,3,12H2,1-2H3,(H,23,25). The lowest BCUT2D eigenvalue weighted by molar-refractivity contribution is -0.127. The molecule has 1 N–H and O–H groups in total. The van der Waals surface area contributed by atoms with Crippen LogP contribution in [0.3, 0.4) is 0 Å². The molecule has 0 fully saturated rings. The molecule has 1 amide bonds. The Morgan fingerprint density at radius 3 is 2.63 bits per heavy atom. The molecule has 0 aliphatic heterocycles. The van der Waals surface area contributed by atoms with E-state index in [1.54, 1.807) is 31.2 Å². The highest BCUT2D eigenvalue weighted by atomic mass is 35.5. The third kappa shape index (κ3) is 4.68. The molecule has 0 saturated heterocycles. The molecular weight excluding hydrogens is 366 g/mol. The molecule has 1 aromatic heterocycles. The number of fused-ring (bicyclic) bond motifs is 1. The fraction of sp³-hybridized carbons (Fsp3) is 0.238. The molecule has 1 heterocycles. The Balaban J connectivity index is 1.67. The van der Waals surface area contributed by atoms with Gasteiger partial charge in [0.15, 0.2) is 6.10 Å². The SMILES string of the molecule is CCc1cc(=O)oc2cc(OC(C)C(=O)NCc3ccc(Cl)cc3)ccc12. The summed E-state index contributed by atoms with van der Waals surface area (Å²) >= 11 is 5.85. The van der Waals surface area contributed by atoms with Gasteiger partial charge in [-0.05, 0) is 48.7 Å². The van der Waals surface area contributed by atoms with Crippen LogP contribution in [0.15, 0.2) is 57.7 Å². The third-order valence-electron chi connectivity index (χ3n) is 4.24. The average Bonchev–Trinajstić information content (AvgIpc) is 2.66. The molecular formula is C21H20ClNO4. The Hall–Kier alpha value is -2.79. The van der Waals surface area contributed by atoms with Crippen LogP contribution in [0, 0.1) is 0 Å². The highest BCUT2D eigenvalue weighted by Crippen LogP contribution is 2.23. The number of nitrogens with one attached hydrogen (secondary N) is 1. The van der Waals surface area contributed by atoms with Crippen molar-refractivity contribution in [1.82, 2.24) is 5.32 Å². The Morgan fingerprint density at radius 1 is 1.19 bits per heavy atom. The molecule has 0 aliphatic carbocycles. The molecule has 3 rings (SSSR count). The second-order valence-electron chi connectivity index (χ2n) is 6.21. The van der Waals surface area contributed by atoms with Crippen LogP contribution in [-0.4, -0.2) is 12.0 Å². The molecule has 0 bridgehead atoms. The summed E-state index contributed by atoms with van der Waals surface area (Å²) in [6, 6.07) is 14.0. The first kappa shape index (κ1) is 19.0. The van der Waals surface area contributed by atoms with Crippen molar-refractivity contribution < 1.29 is 13.9 Å². The molecule has 27 heavy (non-hydrogen) atoms. The number of hydrogen-bond donors (Lipinski definition) is 1. The van der Waals surface area contributed by atoms with Crippen molar-refractivity contribution in [2.24, 2.45) is 0 Å². The monoisotopic (exact) mass is 385 g/mol. The van der Waals surface area contributed by atoms with Gasteiger partial charge in [0, 0.05) is 29.1 Å². The van der Waals surface area contributed by atoms with Crippen LogP contribution >= 0.6 is 11.6 Å². The quantitative estimate of drug-likeness (QED) is 0.649. The maximum Gasteiger partial charge on any atom is 0.336 e. The fourth-order valence-corrected chi connectivity index (χ4v) is 2.89. The van der Waals surface area contributed by atoms with Gasteiger partial charge in [-0.2, -0.15) is 0 Å². The molecule has 5 nitrogen and oxygen atoms in total. The summed E-state index contributed by atoms with van der Waals surface area (Å²) in [6.07, 6.45) is 0.0297. The van der Waals surface area contributed by atoms with Crippen LogP contribution in [0.5, 0.6) is 5.75 Å². The van der Waals surface area contributed by atoms with Crippen molar-refractivity contribution >= 4 is 28.5 Å². The van der Waals surface area contributed by atoms with Gasteiger partial charge in [-0.1, -0.05) is 30.7 Å². The Bertz CT molecular complexity index is 1010. The third-order valence-corrected chi connectivity index (χ3v) is 4.50. The first-order valence-corrected chi connectivity index (χ1v) is 9.09. The Morgan fingerprint density at radius 2 is 1.93 bits per heavy atom. The van der Waals surface area contributed by atoms with E-state index in [1.807, 2.05) is 25.1 Å². The molecule has 0 saturated carbocycles. The lowest BCUT2D eigenvalue weighted by Crippen LogP contribution is -2.35. The van der Waals surface area contributed by atoms with Crippen molar-refractivity contribution in [3.05, 3.63) is 75.1 Å². The van der Waals surface area contributed by atoms with E-state index in [2.05, 4.69) is 5.32 Å². The summed E-state index contributed by atoms with van der Waals surface area (Å²) < 4.78 is 11.0. The molecule has 1 unspecified atom stereocenters. The minimum absolute atomic E-state index is 0.242. The summed E-state index contributed by atoms with van der Waals surface area (Å²) in [6.45, 7) is 4.03. The Kier molecular flexibility index (Phi) is 5.81. The molecule has 0 spiro atoms. The van der Waals surface area contributed by atoms with Gasteiger partial charge in [0.05, 0.1) is 0 Å². The summed E-state index contributed by atoms with van der Waals surface area (Å²) in [7, 11) is 0. The van der Waals surface area contributed by atoms with Crippen molar-refractivity contribution in [3.63, 3.8) is 0 Å². The van der Waals surface area contributed by atoms with Gasteiger partial charge in [0.2, 0.25) is 0 Å². The van der Waals surface area contributed by atoms with E-state index in [4.69, 9.17) is 20.8 Å². The second kappa shape index (κ2) is 8.27. The van der Waals surface area contributed by atoms with E-state index in [0.717, 1.165) is 22.9 Å². The lowest BCUT2D eigenvalue weighted by Gasteiger charge is -2.15. The minimum atomic E-state index is -0.698. The zero-order valence-electron chi connectivity index (χ0n) is 15.1.